The van der Waals surface area contributed by atoms with Crippen LogP contribution in [0.5, 0.6) is 0 Å². The fourth-order valence-electron chi connectivity index (χ4n) is 2.09. The highest BCUT2D eigenvalue weighted by Gasteiger charge is 2.16. The maximum Gasteiger partial charge on any atom is 0.249 e. The second-order valence-electron chi connectivity index (χ2n) is 3.95. The van der Waals surface area contributed by atoms with Gasteiger partial charge in [-0.25, -0.2) is 9.97 Å². The smallest absolute Gasteiger partial charge is 0.249 e. The molecular formula is C11H14N4O. The summed E-state index contributed by atoms with van der Waals surface area (Å²) in [6.07, 6.45) is 1.78. The lowest BCUT2D eigenvalue weighted by molar-refractivity contribution is 0.551. The topological polar surface area (TPSA) is 54.2 Å². The third-order valence-electron chi connectivity index (χ3n) is 2.84. The maximum absolute atomic E-state index is 5.43. The third kappa shape index (κ3) is 1.53. The Morgan fingerprint density at radius 3 is 3.00 bits per heavy atom. The van der Waals surface area contributed by atoms with E-state index < -0.39 is 0 Å². The van der Waals surface area contributed by atoms with E-state index in [0.717, 1.165) is 37.4 Å². The largest absolute Gasteiger partial charge is 0.423 e. The number of aromatic nitrogens is 2. The number of aryl methyl sites for hydroxylation is 1. The molecule has 1 aliphatic rings. The number of nitrogens with zero attached hydrogens (tertiary/aromatic N) is 3. The molecule has 5 nitrogen and oxygen atoms in total. The number of piperazine rings is 1. The molecule has 0 saturated carbocycles. The van der Waals surface area contributed by atoms with Gasteiger partial charge in [0.1, 0.15) is 0 Å². The number of hydrogen-bond donors (Lipinski definition) is 1. The zero-order chi connectivity index (χ0) is 11.0. The van der Waals surface area contributed by atoms with Crippen LogP contribution in [0.2, 0.25) is 0 Å². The van der Waals surface area contributed by atoms with Crippen molar-refractivity contribution in [3.05, 3.63) is 18.2 Å². The molecule has 1 aliphatic heterocycles. The molecule has 1 saturated heterocycles. The number of pyridine rings is 1. The van der Waals surface area contributed by atoms with Crippen LogP contribution in [0.3, 0.4) is 0 Å². The standard InChI is InChI=1S/C11H14N4O/c1-8-14-10-9(2-3-13-11(10)16-8)15-6-4-12-5-7-15/h2-3,12H,4-7H2,1H3. The summed E-state index contributed by atoms with van der Waals surface area (Å²) < 4.78 is 5.43. The molecule has 2 aromatic heterocycles. The van der Waals surface area contributed by atoms with E-state index >= 15 is 0 Å². The average Bonchev–Trinajstić information content (AvgIpc) is 2.70. The molecule has 2 aromatic rings. The third-order valence-corrected chi connectivity index (χ3v) is 2.84. The Bertz CT molecular complexity index is 502. The molecule has 84 valence electrons. The predicted octanol–water partition coefficient (Wildman–Crippen LogP) is 0.941. The van der Waals surface area contributed by atoms with Gasteiger partial charge in [-0.3, -0.25) is 0 Å². The van der Waals surface area contributed by atoms with Crippen molar-refractivity contribution in [2.45, 2.75) is 6.92 Å². The van der Waals surface area contributed by atoms with Crippen molar-refractivity contribution in [1.29, 1.82) is 0 Å². The first kappa shape index (κ1) is 9.59. The number of fused-ring (bicyclic) bond motifs is 1. The highest BCUT2D eigenvalue weighted by molar-refractivity contribution is 5.84. The van der Waals surface area contributed by atoms with E-state index in [-0.39, 0.29) is 0 Å². The van der Waals surface area contributed by atoms with E-state index in [1.165, 1.54) is 0 Å². The van der Waals surface area contributed by atoms with Gasteiger partial charge in [0, 0.05) is 39.3 Å². The molecule has 0 bridgehead atoms. The van der Waals surface area contributed by atoms with E-state index in [0.29, 0.717) is 11.6 Å². The molecule has 0 spiro atoms. The van der Waals surface area contributed by atoms with Crippen LogP contribution >= 0.6 is 0 Å². The van der Waals surface area contributed by atoms with Crippen LogP contribution in [0, 0.1) is 6.92 Å². The molecule has 16 heavy (non-hydrogen) atoms. The van der Waals surface area contributed by atoms with E-state index in [1.807, 2.05) is 13.0 Å². The Morgan fingerprint density at radius 2 is 2.19 bits per heavy atom. The number of rotatable bonds is 1. The van der Waals surface area contributed by atoms with Crippen molar-refractivity contribution < 1.29 is 4.42 Å². The van der Waals surface area contributed by atoms with Crippen molar-refractivity contribution in [2.75, 3.05) is 31.1 Å². The lowest BCUT2D eigenvalue weighted by Crippen LogP contribution is -2.43. The van der Waals surface area contributed by atoms with Crippen molar-refractivity contribution >= 4 is 16.9 Å². The van der Waals surface area contributed by atoms with Gasteiger partial charge in [-0.15, -0.1) is 0 Å². The van der Waals surface area contributed by atoms with Gasteiger partial charge in [-0.1, -0.05) is 0 Å². The molecule has 3 rings (SSSR count). The summed E-state index contributed by atoms with van der Waals surface area (Å²) in [6, 6.07) is 2.01. The molecule has 1 fully saturated rings. The first-order valence-electron chi connectivity index (χ1n) is 5.52. The Hall–Kier alpha value is -1.62. The molecule has 0 radical (unpaired) electrons. The summed E-state index contributed by atoms with van der Waals surface area (Å²) in [6.45, 7) is 5.89. The first-order chi connectivity index (χ1) is 7.84. The second-order valence-corrected chi connectivity index (χ2v) is 3.95. The minimum atomic E-state index is 0.633. The van der Waals surface area contributed by atoms with Gasteiger partial charge in [-0.05, 0) is 6.07 Å². The summed E-state index contributed by atoms with van der Waals surface area (Å²) in [4.78, 5) is 10.9. The summed E-state index contributed by atoms with van der Waals surface area (Å²) in [7, 11) is 0. The van der Waals surface area contributed by atoms with Crippen molar-refractivity contribution in [2.24, 2.45) is 0 Å². The summed E-state index contributed by atoms with van der Waals surface area (Å²) >= 11 is 0. The van der Waals surface area contributed by atoms with Gasteiger partial charge < -0.3 is 14.6 Å². The highest BCUT2D eigenvalue weighted by Crippen LogP contribution is 2.25. The van der Waals surface area contributed by atoms with Gasteiger partial charge >= 0.3 is 0 Å². The fraction of sp³-hybridized carbons (Fsp3) is 0.455. The van der Waals surface area contributed by atoms with E-state index in [2.05, 4.69) is 20.2 Å². The SMILES string of the molecule is Cc1nc2c(N3CCNCC3)ccnc2o1. The zero-order valence-corrected chi connectivity index (χ0v) is 9.23. The molecule has 0 atom stereocenters. The minimum Gasteiger partial charge on any atom is -0.423 e. The molecule has 5 heteroatoms. The molecule has 1 N–H and O–H groups in total. The van der Waals surface area contributed by atoms with E-state index in [1.54, 1.807) is 6.20 Å². The van der Waals surface area contributed by atoms with Crippen molar-refractivity contribution in [3.8, 4) is 0 Å². The lowest BCUT2D eigenvalue weighted by atomic mass is 10.3. The molecule has 0 unspecified atom stereocenters. The summed E-state index contributed by atoms with van der Waals surface area (Å²) in [5.74, 6) is 0.671. The Balaban J connectivity index is 2.07. The van der Waals surface area contributed by atoms with Gasteiger partial charge in [0.25, 0.3) is 0 Å². The molecule has 0 aliphatic carbocycles. The summed E-state index contributed by atoms with van der Waals surface area (Å²) in [5.41, 5.74) is 2.64. The number of nitrogens with one attached hydrogen (secondary N) is 1. The maximum atomic E-state index is 5.43. The van der Waals surface area contributed by atoms with Crippen molar-refractivity contribution in [3.63, 3.8) is 0 Å². The Kier molecular flexibility index (Phi) is 2.25. The van der Waals surface area contributed by atoms with E-state index in [4.69, 9.17) is 4.42 Å². The van der Waals surface area contributed by atoms with Crippen LogP contribution in [0.15, 0.2) is 16.7 Å². The normalized spacial score (nSPS) is 16.9. The van der Waals surface area contributed by atoms with E-state index in [9.17, 15) is 0 Å². The quantitative estimate of drug-likeness (QED) is 0.772. The first-order valence-corrected chi connectivity index (χ1v) is 5.52. The van der Waals surface area contributed by atoms with Crippen LogP contribution in [0.25, 0.3) is 11.2 Å². The van der Waals surface area contributed by atoms with Crippen LogP contribution in [-0.2, 0) is 0 Å². The van der Waals surface area contributed by atoms with Crippen molar-refractivity contribution in [1.82, 2.24) is 15.3 Å². The highest BCUT2D eigenvalue weighted by atomic mass is 16.4. The van der Waals surface area contributed by atoms with Crippen LogP contribution < -0.4 is 10.2 Å². The molecule has 3 heterocycles. The fourth-order valence-corrected chi connectivity index (χ4v) is 2.09. The molecule has 0 amide bonds. The van der Waals surface area contributed by atoms with Gasteiger partial charge in [0.05, 0.1) is 5.69 Å². The second kappa shape index (κ2) is 3.75. The Labute approximate surface area is 93.5 Å². The number of oxazole rings is 1. The van der Waals surface area contributed by atoms with Crippen LogP contribution in [0.4, 0.5) is 5.69 Å². The van der Waals surface area contributed by atoms with Gasteiger partial charge in [0.2, 0.25) is 5.71 Å². The number of hydrogen-bond acceptors (Lipinski definition) is 5. The summed E-state index contributed by atoms with van der Waals surface area (Å²) in [5, 5.41) is 3.34. The van der Waals surface area contributed by atoms with Gasteiger partial charge in [0.15, 0.2) is 11.4 Å². The predicted molar refractivity (Wildman–Crippen MR) is 61.6 cm³/mol. The van der Waals surface area contributed by atoms with Crippen LogP contribution in [-0.4, -0.2) is 36.1 Å². The minimum absolute atomic E-state index is 0.633. The Morgan fingerprint density at radius 1 is 1.38 bits per heavy atom. The monoisotopic (exact) mass is 218 g/mol. The number of anilines is 1. The van der Waals surface area contributed by atoms with Crippen LogP contribution in [0.1, 0.15) is 5.89 Å². The molecular weight excluding hydrogens is 204 g/mol. The lowest BCUT2D eigenvalue weighted by Gasteiger charge is -2.29. The molecule has 0 aromatic carbocycles. The zero-order valence-electron chi connectivity index (χ0n) is 9.23. The average molecular weight is 218 g/mol. The van der Waals surface area contributed by atoms with Gasteiger partial charge in [-0.2, -0.15) is 0 Å².